The van der Waals surface area contributed by atoms with Crippen LogP contribution in [0.3, 0.4) is 0 Å². The standard InChI is InChI=1S/C12H19NO4S2/c1-4-5-6-9(3)13-19(16,17)10-7-8(2)11(18-10)12(14)15/h7,9,13H,4-6H2,1-3H3,(H,14,15). The number of unbranched alkanes of at least 4 members (excludes halogenated alkanes) is 1. The first-order valence-corrected chi connectivity index (χ1v) is 8.44. The topological polar surface area (TPSA) is 83.5 Å². The SMILES string of the molecule is CCCCC(C)NS(=O)(=O)c1cc(C)c(C(=O)O)s1. The zero-order valence-corrected chi connectivity index (χ0v) is 12.9. The van der Waals surface area contributed by atoms with Crippen LogP contribution in [0.25, 0.3) is 0 Å². The van der Waals surface area contributed by atoms with E-state index in [1.807, 2.05) is 13.8 Å². The van der Waals surface area contributed by atoms with Gasteiger partial charge in [-0.2, -0.15) is 0 Å². The van der Waals surface area contributed by atoms with E-state index in [2.05, 4.69) is 4.72 Å². The number of hydrogen-bond acceptors (Lipinski definition) is 4. The van der Waals surface area contributed by atoms with Crippen LogP contribution in [-0.2, 0) is 10.0 Å². The van der Waals surface area contributed by atoms with E-state index in [4.69, 9.17) is 5.11 Å². The van der Waals surface area contributed by atoms with Crippen molar-refractivity contribution in [3.8, 4) is 0 Å². The Morgan fingerprint density at radius 3 is 2.63 bits per heavy atom. The quantitative estimate of drug-likeness (QED) is 0.811. The Morgan fingerprint density at radius 2 is 2.16 bits per heavy atom. The predicted octanol–water partition coefficient (Wildman–Crippen LogP) is 2.61. The van der Waals surface area contributed by atoms with Crippen LogP contribution in [0, 0.1) is 6.92 Å². The van der Waals surface area contributed by atoms with Gasteiger partial charge in [0.2, 0.25) is 10.0 Å². The highest BCUT2D eigenvalue weighted by atomic mass is 32.2. The Labute approximate surface area is 117 Å². The van der Waals surface area contributed by atoms with Gasteiger partial charge in [-0.3, -0.25) is 0 Å². The third-order valence-electron chi connectivity index (χ3n) is 2.70. The molecule has 0 saturated carbocycles. The summed E-state index contributed by atoms with van der Waals surface area (Å²) in [5.41, 5.74) is 0.471. The van der Waals surface area contributed by atoms with Crippen molar-refractivity contribution < 1.29 is 18.3 Å². The van der Waals surface area contributed by atoms with Crippen molar-refractivity contribution in [3.63, 3.8) is 0 Å². The van der Waals surface area contributed by atoms with Gasteiger partial charge in [0.15, 0.2) is 0 Å². The number of carbonyl (C=O) groups is 1. The summed E-state index contributed by atoms with van der Waals surface area (Å²) in [6.45, 7) is 5.45. The van der Waals surface area contributed by atoms with Crippen LogP contribution in [-0.4, -0.2) is 25.5 Å². The van der Waals surface area contributed by atoms with Crippen molar-refractivity contribution >= 4 is 27.3 Å². The molecule has 0 fully saturated rings. The molecule has 7 heteroatoms. The van der Waals surface area contributed by atoms with Gasteiger partial charge in [-0.15, -0.1) is 11.3 Å². The van der Waals surface area contributed by atoms with E-state index < -0.39 is 16.0 Å². The second-order valence-electron chi connectivity index (χ2n) is 4.55. The Hall–Kier alpha value is -0.920. The van der Waals surface area contributed by atoms with Crippen molar-refractivity contribution in [3.05, 3.63) is 16.5 Å². The molecule has 1 aromatic heterocycles. The van der Waals surface area contributed by atoms with Crippen molar-refractivity contribution in [1.29, 1.82) is 0 Å². The lowest BCUT2D eigenvalue weighted by Gasteiger charge is -2.12. The molecule has 0 aliphatic carbocycles. The zero-order valence-electron chi connectivity index (χ0n) is 11.3. The van der Waals surface area contributed by atoms with Gasteiger partial charge in [-0.25, -0.2) is 17.9 Å². The summed E-state index contributed by atoms with van der Waals surface area (Å²) >= 11 is 0.790. The van der Waals surface area contributed by atoms with E-state index in [1.54, 1.807) is 6.92 Å². The molecule has 0 saturated heterocycles. The van der Waals surface area contributed by atoms with Crippen molar-refractivity contribution in [2.45, 2.75) is 50.3 Å². The molecule has 1 aromatic rings. The minimum absolute atomic E-state index is 0.0609. The molecule has 0 aliphatic rings. The van der Waals surface area contributed by atoms with Crippen LogP contribution in [0.4, 0.5) is 0 Å². The maximum atomic E-state index is 12.1. The number of sulfonamides is 1. The van der Waals surface area contributed by atoms with Crippen molar-refractivity contribution in [2.24, 2.45) is 0 Å². The molecule has 1 unspecified atom stereocenters. The molecule has 0 aromatic carbocycles. The predicted molar refractivity (Wildman–Crippen MR) is 75.3 cm³/mol. The molecule has 0 amide bonds. The maximum absolute atomic E-state index is 12.1. The fourth-order valence-corrected chi connectivity index (χ4v) is 4.36. The van der Waals surface area contributed by atoms with E-state index in [1.165, 1.54) is 6.07 Å². The van der Waals surface area contributed by atoms with Gasteiger partial charge >= 0.3 is 5.97 Å². The summed E-state index contributed by atoms with van der Waals surface area (Å²) in [5, 5.41) is 8.94. The van der Waals surface area contributed by atoms with Gasteiger partial charge in [0.1, 0.15) is 9.09 Å². The first-order chi connectivity index (χ1) is 8.77. The Balaban J connectivity index is 2.89. The Morgan fingerprint density at radius 1 is 1.53 bits per heavy atom. The summed E-state index contributed by atoms with van der Waals surface area (Å²) in [4.78, 5) is 11.0. The van der Waals surface area contributed by atoms with Gasteiger partial charge in [0.05, 0.1) is 0 Å². The average molecular weight is 305 g/mol. The third-order valence-corrected chi connectivity index (χ3v) is 5.99. The first kappa shape index (κ1) is 16.1. The van der Waals surface area contributed by atoms with Crippen LogP contribution in [0.1, 0.15) is 48.3 Å². The highest BCUT2D eigenvalue weighted by molar-refractivity contribution is 7.91. The van der Waals surface area contributed by atoms with E-state index in [0.29, 0.717) is 5.56 Å². The number of aryl methyl sites for hydroxylation is 1. The monoisotopic (exact) mass is 305 g/mol. The normalized spacial score (nSPS) is 13.4. The van der Waals surface area contributed by atoms with Gasteiger partial charge in [0, 0.05) is 6.04 Å². The van der Waals surface area contributed by atoms with Crippen LogP contribution in [0.5, 0.6) is 0 Å². The van der Waals surface area contributed by atoms with Gasteiger partial charge in [-0.1, -0.05) is 19.8 Å². The smallest absolute Gasteiger partial charge is 0.346 e. The Kier molecular flexibility index (Phi) is 5.51. The summed E-state index contributed by atoms with van der Waals surface area (Å²) in [6, 6.07) is 1.25. The molecule has 1 rings (SSSR count). The number of carboxylic acids is 1. The molecule has 0 aliphatic heterocycles. The van der Waals surface area contributed by atoms with Crippen molar-refractivity contribution in [2.75, 3.05) is 0 Å². The minimum Gasteiger partial charge on any atom is -0.477 e. The van der Waals surface area contributed by atoms with E-state index in [-0.39, 0.29) is 15.1 Å². The molecular formula is C12H19NO4S2. The second kappa shape index (κ2) is 6.49. The number of carboxylic acid groups (broad SMARTS) is 1. The summed E-state index contributed by atoms with van der Waals surface area (Å²) in [5.74, 6) is -1.09. The summed E-state index contributed by atoms with van der Waals surface area (Å²) < 4.78 is 26.8. The number of aromatic carboxylic acids is 1. The highest BCUT2D eigenvalue weighted by Gasteiger charge is 2.23. The third kappa shape index (κ3) is 4.29. The molecule has 108 valence electrons. The lowest BCUT2D eigenvalue weighted by Crippen LogP contribution is -2.32. The van der Waals surface area contributed by atoms with Crippen molar-refractivity contribution in [1.82, 2.24) is 4.72 Å². The summed E-state index contributed by atoms with van der Waals surface area (Å²) in [6.07, 6.45) is 2.73. The second-order valence-corrected chi connectivity index (χ2v) is 7.54. The molecule has 2 N–H and O–H groups in total. The molecular weight excluding hydrogens is 286 g/mol. The number of thiophene rings is 1. The largest absolute Gasteiger partial charge is 0.477 e. The average Bonchev–Trinajstić information content (AvgIpc) is 2.69. The minimum atomic E-state index is -3.62. The molecule has 19 heavy (non-hydrogen) atoms. The van der Waals surface area contributed by atoms with Crippen LogP contribution in [0.2, 0.25) is 0 Å². The lowest BCUT2D eigenvalue weighted by molar-refractivity contribution is 0.0701. The molecule has 1 heterocycles. The van der Waals surface area contributed by atoms with Gasteiger partial charge in [-0.05, 0) is 31.9 Å². The molecule has 0 spiro atoms. The van der Waals surface area contributed by atoms with Crippen LogP contribution in [0.15, 0.2) is 10.3 Å². The molecule has 0 radical (unpaired) electrons. The van der Waals surface area contributed by atoms with E-state index in [9.17, 15) is 13.2 Å². The number of hydrogen-bond donors (Lipinski definition) is 2. The van der Waals surface area contributed by atoms with Gasteiger partial charge in [0.25, 0.3) is 0 Å². The fraction of sp³-hybridized carbons (Fsp3) is 0.583. The summed E-state index contributed by atoms with van der Waals surface area (Å²) in [7, 11) is -3.62. The fourth-order valence-electron chi connectivity index (χ4n) is 1.69. The molecule has 1 atom stereocenters. The lowest BCUT2D eigenvalue weighted by atomic mass is 10.2. The van der Waals surface area contributed by atoms with E-state index in [0.717, 1.165) is 30.6 Å². The zero-order chi connectivity index (χ0) is 14.6. The molecule has 0 bridgehead atoms. The first-order valence-electron chi connectivity index (χ1n) is 6.14. The number of rotatable bonds is 7. The highest BCUT2D eigenvalue weighted by Crippen LogP contribution is 2.26. The van der Waals surface area contributed by atoms with E-state index >= 15 is 0 Å². The Bertz CT molecular complexity index is 548. The number of nitrogens with one attached hydrogen (secondary N) is 1. The van der Waals surface area contributed by atoms with Gasteiger partial charge < -0.3 is 5.11 Å². The van der Waals surface area contributed by atoms with Crippen LogP contribution < -0.4 is 4.72 Å². The molecule has 5 nitrogen and oxygen atoms in total. The van der Waals surface area contributed by atoms with Crippen LogP contribution >= 0.6 is 11.3 Å². The maximum Gasteiger partial charge on any atom is 0.346 e.